The van der Waals surface area contributed by atoms with Crippen molar-refractivity contribution in [3.63, 3.8) is 0 Å². The molecule has 2 fully saturated rings. The van der Waals surface area contributed by atoms with E-state index in [1.807, 2.05) is 0 Å². The van der Waals surface area contributed by atoms with Crippen LogP contribution in [-0.2, 0) is 0 Å². The predicted octanol–water partition coefficient (Wildman–Crippen LogP) is 15.6. The normalized spacial score (nSPS) is 15.7. The number of nitrogens with zero attached hydrogens (tertiary/aromatic N) is 2. The van der Waals surface area contributed by atoms with E-state index in [9.17, 15) is 0 Å². The Morgan fingerprint density at radius 2 is 0.672 bits per heavy atom. The maximum absolute atomic E-state index is 2.62. The molecule has 61 heavy (non-hydrogen) atoms. The van der Waals surface area contributed by atoms with Crippen LogP contribution in [0.3, 0.4) is 0 Å². The van der Waals surface area contributed by atoms with Crippen molar-refractivity contribution in [1.29, 1.82) is 0 Å². The Kier molecular flexibility index (Phi) is 9.46. The number of hydrogen-bond acceptors (Lipinski definition) is 2. The van der Waals surface area contributed by atoms with Crippen molar-refractivity contribution in [2.45, 2.75) is 75.3 Å². The van der Waals surface area contributed by atoms with Crippen molar-refractivity contribution in [2.75, 3.05) is 0 Å². The molecule has 2 nitrogen and oxygen atoms in total. The van der Waals surface area contributed by atoms with E-state index in [0.29, 0.717) is 0 Å². The third-order valence-electron chi connectivity index (χ3n) is 14.5. The molecule has 0 N–H and O–H groups in total. The third kappa shape index (κ3) is 6.14. The summed E-state index contributed by atoms with van der Waals surface area (Å²) >= 11 is 4.30. The van der Waals surface area contributed by atoms with Crippen LogP contribution in [0.5, 0.6) is 0 Å². The molecule has 0 spiro atoms. The summed E-state index contributed by atoms with van der Waals surface area (Å²) in [5.41, 5.74) is 11.8. The fraction of sp³-hybridized carbons (Fsp3) is 0.214. The SMILES string of the molecule is c1ccc2c(c1)c1ccccc1n2-c1ccc(-c2ccc([Si](c3ccc(-c4ccc(-n5c6ccccc6c6ccccc65)cc4)s3)(C3CCCCC3)C3CCCCC3)s2)cc1. The van der Waals surface area contributed by atoms with Gasteiger partial charge >= 0.3 is 0 Å². The Labute approximate surface area is 367 Å². The van der Waals surface area contributed by atoms with Crippen molar-refractivity contribution in [3.05, 3.63) is 170 Å². The molecule has 5 heteroatoms. The predicted molar refractivity (Wildman–Crippen MR) is 267 cm³/mol. The number of para-hydroxylation sites is 4. The largest absolute Gasteiger partial charge is 0.309 e. The molecule has 0 amide bonds. The Morgan fingerprint density at radius 1 is 0.344 bits per heavy atom. The molecule has 0 bridgehead atoms. The summed E-state index contributed by atoms with van der Waals surface area (Å²) in [5.74, 6) is 0. The molecule has 2 aliphatic rings. The van der Waals surface area contributed by atoms with Crippen LogP contribution in [0.15, 0.2) is 170 Å². The molecule has 2 saturated carbocycles. The number of thiophene rings is 2. The molecule has 4 aromatic heterocycles. The molecule has 2 aliphatic carbocycles. The quantitative estimate of drug-likeness (QED) is 0.135. The van der Waals surface area contributed by atoms with Crippen molar-refractivity contribution >= 4 is 83.4 Å². The maximum Gasteiger partial charge on any atom is 0.149 e. The zero-order chi connectivity index (χ0) is 40.3. The third-order valence-corrected chi connectivity index (χ3v) is 24.7. The number of hydrogen-bond donors (Lipinski definition) is 0. The van der Waals surface area contributed by atoms with Gasteiger partial charge in [-0.05, 0) is 91.9 Å². The molecule has 0 atom stereocenters. The monoisotopic (exact) mass is 842 g/mol. The summed E-state index contributed by atoms with van der Waals surface area (Å²) in [6.45, 7) is 0. The van der Waals surface area contributed by atoms with Crippen LogP contribution in [0.25, 0.3) is 75.9 Å². The van der Waals surface area contributed by atoms with Crippen LogP contribution < -0.4 is 9.00 Å². The van der Waals surface area contributed by atoms with Gasteiger partial charge in [0.05, 0.1) is 22.1 Å². The first-order valence-corrected chi connectivity index (χ1v) is 26.4. The summed E-state index contributed by atoms with van der Waals surface area (Å²) in [5, 5.41) is 5.24. The number of rotatable bonds is 8. The van der Waals surface area contributed by atoms with E-state index >= 15 is 0 Å². The molecule has 4 heterocycles. The van der Waals surface area contributed by atoms with Crippen LogP contribution in [-0.4, -0.2) is 17.2 Å². The smallest absolute Gasteiger partial charge is 0.149 e. The molecular formula is C56H50N2S2Si. The second kappa shape index (κ2) is 15.5. The first-order chi connectivity index (χ1) is 30.3. The number of benzene rings is 6. The second-order valence-electron chi connectivity index (χ2n) is 17.7. The van der Waals surface area contributed by atoms with Crippen molar-refractivity contribution in [3.8, 4) is 32.3 Å². The van der Waals surface area contributed by atoms with Crippen molar-refractivity contribution in [2.24, 2.45) is 0 Å². The Hall–Kier alpha value is -5.46. The lowest BCUT2D eigenvalue weighted by atomic mass is 9.99. The van der Waals surface area contributed by atoms with E-state index in [4.69, 9.17) is 0 Å². The number of aromatic nitrogens is 2. The summed E-state index contributed by atoms with van der Waals surface area (Å²) < 4.78 is 8.35. The van der Waals surface area contributed by atoms with Gasteiger partial charge in [0, 0.05) is 42.7 Å². The van der Waals surface area contributed by atoms with Crippen LogP contribution in [0, 0.1) is 0 Å². The van der Waals surface area contributed by atoms with Crippen LogP contribution in [0.4, 0.5) is 0 Å². The lowest BCUT2D eigenvalue weighted by molar-refractivity contribution is 0.460. The van der Waals surface area contributed by atoms with E-state index in [0.717, 1.165) is 11.1 Å². The minimum absolute atomic E-state index is 0.803. The van der Waals surface area contributed by atoms with E-state index in [1.165, 1.54) is 140 Å². The zero-order valence-corrected chi connectivity index (χ0v) is 37.2. The Morgan fingerprint density at radius 3 is 1.02 bits per heavy atom. The molecular weight excluding hydrogens is 793 g/mol. The highest BCUT2D eigenvalue weighted by Gasteiger charge is 2.52. The molecule has 0 unspecified atom stereocenters. The van der Waals surface area contributed by atoms with E-state index in [-0.39, 0.29) is 0 Å². The lowest BCUT2D eigenvalue weighted by Crippen LogP contribution is -2.63. The summed E-state index contributed by atoms with van der Waals surface area (Å²) in [6, 6.07) is 64.4. The Bertz CT molecular complexity index is 2840. The topological polar surface area (TPSA) is 9.86 Å². The van der Waals surface area contributed by atoms with Crippen LogP contribution in [0.1, 0.15) is 64.2 Å². The Balaban J connectivity index is 0.929. The second-order valence-corrected chi connectivity index (χ2v) is 25.0. The van der Waals surface area contributed by atoms with E-state index < -0.39 is 8.07 Å². The molecule has 0 saturated heterocycles. The zero-order valence-electron chi connectivity index (χ0n) is 34.6. The highest BCUT2D eigenvalue weighted by Crippen LogP contribution is 2.50. The van der Waals surface area contributed by atoms with Crippen molar-refractivity contribution < 1.29 is 0 Å². The van der Waals surface area contributed by atoms with Gasteiger partial charge in [-0.25, -0.2) is 0 Å². The van der Waals surface area contributed by atoms with Gasteiger partial charge in [0.25, 0.3) is 0 Å². The minimum atomic E-state index is -2.17. The first-order valence-electron chi connectivity index (χ1n) is 22.6. The van der Waals surface area contributed by atoms with Crippen molar-refractivity contribution in [1.82, 2.24) is 9.13 Å². The fourth-order valence-corrected chi connectivity index (χ4v) is 24.0. The highest BCUT2D eigenvalue weighted by atomic mass is 32.1. The summed E-state index contributed by atoms with van der Waals surface area (Å²) in [4.78, 5) is 2.84. The molecule has 10 aromatic rings. The van der Waals surface area contributed by atoms with Crippen LogP contribution in [0.2, 0.25) is 11.1 Å². The molecule has 300 valence electrons. The summed E-state index contributed by atoms with van der Waals surface area (Å²) in [7, 11) is -2.17. The fourth-order valence-electron chi connectivity index (χ4n) is 11.8. The van der Waals surface area contributed by atoms with Gasteiger partial charge < -0.3 is 9.13 Å². The highest BCUT2D eigenvalue weighted by molar-refractivity contribution is 7.39. The average molecular weight is 843 g/mol. The van der Waals surface area contributed by atoms with Gasteiger partial charge in [-0.2, -0.15) is 0 Å². The number of fused-ring (bicyclic) bond motifs is 6. The van der Waals surface area contributed by atoms with E-state index in [1.54, 1.807) is 9.00 Å². The standard InChI is InChI=1S/C56H50N2S2Si/c1-3-15-43(16-4-1)61(44-17-5-2-6-18-44,55-37-35-53(59-55)39-27-31-41(32-28-39)57-49-23-11-7-19-45(49)46-20-8-12-24-50(46)57)56-38-36-54(60-56)40-29-33-42(34-30-40)58-51-25-13-9-21-47(51)48-22-10-14-26-52(48)58/h7-14,19-38,43-44H,1-6,15-18H2. The molecule has 6 aromatic carbocycles. The molecule has 12 rings (SSSR count). The first kappa shape index (κ1) is 37.3. The molecule has 0 radical (unpaired) electrons. The van der Waals surface area contributed by atoms with Gasteiger partial charge in [0.15, 0.2) is 0 Å². The summed E-state index contributed by atoms with van der Waals surface area (Å²) in [6.07, 6.45) is 13.9. The van der Waals surface area contributed by atoms with Gasteiger partial charge in [-0.1, -0.05) is 173 Å². The minimum Gasteiger partial charge on any atom is -0.309 e. The molecule has 0 aliphatic heterocycles. The van der Waals surface area contributed by atoms with Gasteiger partial charge in [0.1, 0.15) is 8.07 Å². The lowest BCUT2D eigenvalue weighted by Gasteiger charge is -2.46. The average Bonchev–Trinajstić information content (AvgIpc) is 4.15. The van der Waals surface area contributed by atoms with Gasteiger partial charge in [-0.15, -0.1) is 22.7 Å². The van der Waals surface area contributed by atoms with Crippen LogP contribution >= 0.6 is 22.7 Å². The van der Waals surface area contributed by atoms with E-state index in [2.05, 4.69) is 202 Å². The maximum atomic E-state index is 2.62. The van der Waals surface area contributed by atoms with Gasteiger partial charge in [0.2, 0.25) is 0 Å². The van der Waals surface area contributed by atoms with Gasteiger partial charge in [-0.3, -0.25) is 0 Å².